The van der Waals surface area contributed by atoms with Crippen LogP contribution in [0.1, 0.15) is 12.8 Å². The van der Waals surface area contributed by atoms with Gasteiger partial charge in [-0.1, -0.05) is 0 Å². The molecule has 0 bridgehead atoms. The monoisotopic (exact) mass is 277 g/mol. The SMILES string of the molecule is Nc1nc(Cl)nc(NCC2CCCS2(=O)=O)n1. The minimum absolute atomic E-state index is 0.00165. The summed E-state index contributed by atoms with van der Waals surface area (Å²) >= 11 is 5.60. The Morgan fingerprint density at radius 1 is 1.41 bits per heavy atom. The molecule has 2 rings (SSSR count). The van der Waals surface area contributed by atoms with Crippen LogP contribution in [0.15, 0.2) is 0 Å². The number of aromatic nitrogens is 3. The highest BCUT2D eigenvalue weighted by Gasteiger charge is 2.31. The Balaban J connectivity index is 2.03. The van der Waals surface area contributed by atoms with E-state index in [9.17, 15) is 8.42 Å². The molecule has 3 N–H and O–H groups in total. The van der Waals surface area contributed by atoms with E-state index < -0.39 is 9.84 Å². The predicted molar refractivity (Wildman–Crippen MR) is 64.5 cm³/mol. The molecule has 0 spiro atoms. The highest BCUT2D eigenvalue weighted by atomic mass is 35.5. The van der Waals surface area contributed by atoms with Crippen LogP contribution in [0, 0.1) is 0 Å². The quantitative estimate of drug-likeness (QED) is 0.806. The second-order valence-corrected chi connectivity index (χ2v) is 6.54. The molecule has 1 aliphatic heterocycles. The number of hydrogen-bond donors (Lipinski definition) is 2. The van der Waals surface area contributed by atoms with Crippen molar-refractivity contribution in [3.63, 3.8) is 0 Å². The van der Waals surface area contributed by atoms with Crippen LogP contribution in [0.5, 0.6) is 0 Å². The Bertz CT molecular complexity index is 500. The lowest BCUT2D eigenvalue weighted by molar-refractivity contribution is 0.591. The van der Waals surface area contributed by atoms with Gasteiger partial charge in [-0.25, -0.2) is 8.42 Å². The zero-order chi connectivity index (χ0) is 12.5. The number of anilines is 2. The molecule has 0 amide bonds. The standard InChI is InChI=1S/C8H12ClN5O2S/c9-6-12-7(10)14-8(13-6)11-4-5-2-1-3-17(5,15)16/h5H,1-4H2,(H3,10,11,12,13,14). The van der Waals surface area contributed by atoms with E-state index in [1.54, 1.807) is 0 Å². The van der Waals surface area contributed by atoms with E-state index >= 15 is 0 Å². The molecular formula is C8H12ClN5O2S. The summed E-state index contributed by atoms with van der Waals surface area (Å²) < 4.78 is 23.1. The molecular weight excluding hydrogens is 266 g/mol. The average molecular weight is 278 g/mol. The number of hydrogen-bond acceptors (Lipinski definition) is 7. The second-order valence-electron chi connectivity index (χ2n) is 3.80. The van der Waals surface area contributed by atoms with Crippen molar-refractivity contribution in [2.24, 2.45) is 0 Å². The van der Waals surface area contributed by atoms with Crippen molar-refractivity contribution in [3.8, 4) is 0 Å². The maximum Gasteiger partial charge on any atom is 0.228 e. The molecule has 1 aromatic heterocycles. The van der Waals surface area contributed by atoms with E-state index in [2.05, 4.69) is 20.3 Å². The molecule has 0 aliphatic carbocycles. The zero-order valence-corrected chi connectivity index (χ0v) is 10.5. The predicted octanol–water partition coefficient (Wildman–Crippen LogP) is 0.0963. The number of rotatable bonds is 3. The average Bonchev–Trinajstić information content (AvgIpc) is 2.53. The maximum atomic E-state index is 11.6. The minimum atomic E-state index is -2.98. The minimum Gasteiger partial charge on any atom is -0.368 e. The second kappa shape index (κ2) is 4.61. The molecule has 9 heteroatoms. The van der Waals surface area contributed by atoms with E-state index in [4.69, 9.17) is 17.3 Å². The number of nitrogens with zero attached hydrogens (tertiary/aromatic N) is 3. The van der Waals surface area contributed by atoms with Crippen LogP contribution >= 0.6 is 11.6 Å². The number of halogens is 1. The third kappa shape index (κ3) is 2.95. The first-order chi connectivity index (χ1) is 7.97. The van der Waals surface area contributed by atoms with Gasteiger partial charge in [-0.05, 0) is 24.4 Å². The van der Waals surface area contributed by atoms with E-state index in [1.165, 1.54) is 0 Å². The highest BCUT2D eigenvalue weighted by Crippen LogP contribution is 2.20. The van der Waals surface area contributed by atoms with Crippen molar-refractivity contribution < 1.29 is 8.42 Å². The van der Waals surface area contributed by atoms with Crippen molar-refractivity contribution in [2.75, 3.05) is 23.3 Å². The van der Waals surface area contributed by atoms with Crippen LogP contribution in [0.4, 0.5) is 11.9 Å². The van der Waals surface area contributed by atoms with Gasteiger partial charge in [0.05, 0.1) is 11.0 Å². The summed E-state index contributed by atoms with van der Waals surface area (Å²) in [6.45, 7) is 0.266. The molecule has 1 unspecified atom stereocenters. The number of nitrogens with two attached hydrogens (primary N) is 1. The summed E-state index contributed by atoms with van der Waals surface area (Å²) in [6, 6.07) is 0. The van der Waals surface area contributed by atoms with Crippen LogP contribution in [0.3, 0.4) is 0 Å². The molecule has 7 nitrogen and oxygen atoms in total. The number of sulfone groups is 1. The van der Waals surface area contributed by atoms with E-state index in [0.717, 1.165) is 0 Å². The number of nitrogens with one attached hydrogen (secondary N) is 1. The lowest BCUT2D eigenvalue weighted by atomic mass is 10.2. The first kappa shape index (κ1) is 12.3. The Morgan fingerprint density at radius 3 is 2.76 bits per heavy atom. The van der Waals surface area contributed by atoms with Gasteiger partial charge in [0.1, 0.15) is 0 Å². The van der Waals surface area contributed by atoms with Crippen molar-refractivity contribution in [1.29, 1.82) is 0 Å². The van der Waals surface area contributed by atoms with Gasteiger partial charge in [0, 0.05) is 6.54 Å². The molecule has 0 aromatic carbocycles. The summed E-state index contributed by atoms with van der Waals surface area (Å²) in [5, 5.41) is 2.41. The van der Waals surface area contributed by atoms with E-state index in [1.807, 2.05) is 0 Å². The fraction of sp³-hybridized carbons (Fsp3) is 0.625. The van der Waals surface area contributed by atoms with E-state index in [-0.39, 0.29) is 34.7 Å². The largest absolute Gasteiger partial charge is 0.368 e. The molecule has 1 aromatic rings. The van der Waals surface area contributed by atoms with Crippen molar-refractivity contribution in [3.05, 3.63) is 5.28 Å². The fourth-order valence-electron chi connectivity index (χ4n) is 1.74. The zero-order valence-electron chi connectivity index (χ0n) is 8.93. The van der Waals surface area contributed by atoms with Gasteiger partial charge in [0.15, 0.2) is 9.84 Å². The van der Waals surface area contributed by atoms with Crippen LogP contribution in [-0.2, 0) is 9.84 Å². The smallest absolute Gasteiger partial charge is 0.228 e. The summed E-state index contributed by atoms with van der Waals surface area (Å²) in [6.07, 6.45) is 1.36. The summed E-state index contributed by atoms with van der Waals surface area (Å²) in [5.74, 6) is 0.450. The Morgan fingerprint density at radius 2 is 2.18 bits per heavy atom. The molecule has 1 fully saturated rings. The molecule has 94 valence electrons. The topological polar surface area (TPSA) is 111 Å². The van der Waals surface area contributed by atoms with Crippen molar-refractivity contribution in [2.45, 2.75) is 18.1 Å². The van der Waals surface area contributed by atoms with Crippen LogP contribution in [0.25, 0.3) is 0 Å². The lowest BCUT2D eigenvalue weighted by Gasteiger charge is -2.10. The molecule has 1 saturated heterocycles. The van der Waals surface area contributed by atoms with Crippen molar-refractivity contribution in [1.82, 2.24) is 15.0 Å². The molecule has 1 aliphatic rings. The normalized spacial score (nSPS) is 22.5. The van der Waals surface area contributed by atoms with Gasteiger partial charge in [0.25, 0.3) is 0 Å². The Labute approximate surface area is 104 Å². The molecule has 0 saturated carbocycles. The van der Waals surface area contributed by atoms with Gasteiger partial charge in [-0.3, -0.25) is 0 Å². The molecule has 1 atom stereocenters. The van der Waals surface area contributed by atoms with Crippen LogP contribution in [0.2, 0.25) is 5.28 Å². The van der Waals surface area contributed by atoms with Gasteiger partial charge in [0.2, 0.25) is 17.2 Å². The van der Waals surface area contributed by atoms with Gasteiger partial charge in [-0.15, -0.1) is 0 Å². The number of nitrogen functional groups attached to an aromatic ring is 1. The van der Waals surface area contributed by atoms with E-state index in [0.29, 0.717) is 12.8 Å². The maximum absolute atomic E-state index is 11.6. The summed E-state index contributed by atoms with van der Waals surface area (Å²) in [7, 11) is -2.98. The van der Waals surface area contributed by atoms with Crippen molar-refractivity contribution >= 4 is 33.3 Å². The third-order valence-corrected chi connectivity index (χ3v) is 5.02. The molecule has 17 heavy (non-hydrogen) atoms. The molecule has 2 heterocycles. The van der Waals surface area contributed by atoms with Gasteiger partial charge < -0.3 is 11.1 Å². The first-order valence-corrected chi connectivity index (χ1v) is 7.19. The third-order valence-electron chi connectivity index (χ3n) is 2.58. The Kier molecular flexibility index (Phi) is 3.34. The summed E-state index contributed by atoms with van der Waals surface area (Å²) in [5.41, 5.74) is 5.39. The van der Waals surface area contributed by atoms with Crippen LogP contribution < -0.4 is 11.1 Å². The Hall–Kier alpha value is -1.15. The van der Waals surface area contributed by atoms with Gasteiger partial charge >= 0.3 is 0 Å². The highest BCUT2D eigenvalue weighted by molar-refractivity contribution is 7.92. The fourth-order valence-corrected chi connectivity index (χ4v) is 3.67. The first-order valence-electron chi connectivity index (χ1n) is 5.10. The van der Waals surface area contributed by atoms with Crippen LogP contribution in [-0.4, -0.2) is 40.9 Å². The molecule has 0 radical (unpaired) electrons. The summed E-state index contributed by atoms with van der Waals surface area (Å²) in [4.78, 5) is 11.2. The lowest BCUT2D eigenvalue weighted by Crippen LogP contribution is -2.25. The van der Waals surface area contributed by atoms with Gasteiger partial charge in [-0.2, -0.15) is 15.0 Å².